The summed E-state index contributed by atoms with van der Waals surface area (Å²) in [4.78, 5) is 4.78. The highest BCUT2D eigenvalue weighted by molar-refractivity contribution is 4.92. The Labute approximate surface area is 87.6 Å². The first-order chi connectivity index (χ1) is 6.70. The molecule has 0 saturated heterocycles. The van der Waals surface area contributed by atoms with Crippen LogP contribution in [0.15, 0.2) is 0 Å². The van der Waals surface area contributed by atoms with Crippen molar-refractivity contribution in [3.63, 3.8) is 0 Å². The van der Waals surface area contributed by atoms with Crippen LogP contribution in [0.25, 0.3) is 0 Å². The summed E-state index contributed by atoms with van der Waals surface area (Å²) in [6.45, 7) is 6.56. The maximum Gasteiger partial charge on any atom is 0.101 e. The van der Waals surface area contributed by atoms with E-state index in [2.05, 4.69) is 20.8 Å². The fraction of sp³-hybridized carbons (Fsp3) is 1.00. The standard InChI is InChI=1S/C12H24O2/c1-4-10(3)11(14-13)12(5-2)8-6-7-9-12/h10-11,13H,4-9H2,1-3H3. The van der Waals surface area contributed by atoms with Crippen LogP contribution in [-0.2, 0) is 4.89 Å². The molecule has 0 aromatic carbocycles. The third-order valence-corrected chi connectivity index (χ3v) is 4.18. The molecular formula is C12H24O2. The molecule has 0 aromatic heterocycles. The smallest absolute Gasteiger partial charge is 0.101 e. The van der Waals surface area contributed by atoms with Crippen LogP contribution in [0.5, 0.6) is 0 Å². The van der Waals surface area contributed by atoms with E-state index in [1.165, 1.54) is 25.7 Å². The molecule has 1 aliphatic carbocycles. The zero-order valence-corrected chi connectivity index (χ0v) is 9.75. The minimum absolute atomic E-state index is 0.0417. The Morgan fingerprint density at radius 3 is 2.21 bits per heavy atom. The third-order valence-electron chi connectivity index (χ3n) is 4.18. The molecule has 14 heavy (non-hydrogen) atoms. The van der Waals surface area contributed by atoms with Crippen molar-refractivity contribution in [1.82, 2.24) is 0 Å². The molecule has 84 valence electrons. The first kappa shape index (κ1) is 12.0. The maximum absolute atomic E-state index is 9.08. The minimum Gasteiger partial charge on any atom is -0.252 e. The van der Waals surface area contributed by atoms with Crippen LogP contribution < -0.4 is 0 Å². The molecule has 0 aliphatic heterocycles. The van der Waals surface area contributed by atoms with Gasteiger partial charge in [0.05, 0.1) is 0 Å². The molecular weight excluding hydrogens is 176 g/mol. The fourth-order valence-electron chi connectivity index (χ4n) is 2.95. The van der Waals surface area contributed by atoms with Gasteiger partial charge in [-0.2, -0.15) is 0 Å². The zero-order valence-electron chi connectivity index (χ0n) is 9.75. The number of hydrogen-bond donors (Lipinski definition) is 1. The van der Waals surface area contributed by atoms with Crippen molar-refractivity contribution in [1.29, 1.82) is 0 Å². The summed E-state index contributed by atoms with van der Waals surface area (Å²) in [7, 11) is 0. The summed E-state index contributed by atoms with van der Waals surface area (Å²) in [5.41, 5.74) is 0.254. The predicted molar refractivity (Wildman–Crippen MR) is 58.1 cm³/mol. The largest absolute Gasteiger partial charge is 0.252 e. The summed E-state index contributed by atoms with van der Waals surface area (Å²) in [6, 6.07) is 0. The highest BCUT2D eigenvalue weighted by Crippen LogP contribution is 2.47. The summed E-state index contributed by atoms with van der Waals surface area (Å²) < 4.78 is 0. The highest BCUT2D eigenvalue weighted by Gasteiger charge is 2.43. The van der Waals surface area contributed by atoms with E-state index in [-0.39, 0.29) is 11.5 Å². The lowest BCUT2D eigenvalue weighted by Gasteiger charge is -2.37. The average Bonchev–Trinajstić information content (AvgIpc) is 2.68. The zero-order chi connectivity index (χ0) is 10.6. The molecule has 0 bridgehead atoms. The van der Waals surface area contributed by atoms with Crippen molar-refractivity contribution in [3.05, 3.63) is 0 Å². The van der Waals surface area contributed by atoms with Crippen LogP contribution in [0.2, 0.25) is 0 Å². The van der Waals surface area contributed by atoms with Gasteiger partial charge in [0.2, 0.25) is 0 Å². The number of hydrogen-bond acceptors (Lipinski definition) is 2. The Morgan fingerprint density at radius 2 is 1.86 bits per heavy atom. The number of rotatable bonds is 5. The molecule has 1 rings (SSSR count). The lowest BCUT2D eigenvalue weighted by Crippen LogP contribution is -2.38. The van der Waals surface area contributed by atoms with Gasteiger partial charge in [-0.1, -0.05) is 40.0 Å². The van der Waals surface area contributed by atoms with Crippen LogP contribution in [0.3, 0.4) is 0 Å². The molecule has 1 fully saturated rings. The van der Waals surface area contributed by atoms with Crippen LogP contribution >= 0.6 is 0 Å². The maximum atomic E-state index is 9.08. The van der Waals surface area contributed by atoms with Crippen molar-refractivity contribution in [2.45, 2.75) is 65.4 Å². The lowest BCUT2D eigenvalue weighted by molar-refractivity contribution is -0.316. The van der Waals surface area contributed by atoms with Crippen LogP contribution in [0.4, 0.5) is 0 Å². The Morgan fingerprint density at radius 1 is 1.29 bits per heavy atom. The molecule has 1 N–H and O–H groups in total. The van der Waals surface area contributed by atoms with Gasteiger partial charge in [0.25, 0.3) is 0 Å². The molecule has 2 atom stereocenters. The van der Waals surface area contributed by atoms with Crippen molar-refractivity contribution >= 4 is 0 Å². The van der Waals surface area contributed by atoms with Gasteiger partial charge in [0, 0.05) is 0 Å². The molecule has 1 saturated carbocycles. The van der Waals surface area contributed by atoms with Crippen LogP contribution in [0.1, 0.15) is 59.3 Å². The van der Waals surface area contributed by atoms with E-state index in [0.29, 0.717) is 5.92 Å². The van der Waals surface area contributed by atoms with Crippen molar-refractivity contribution in [2.24, 2.45) is 11.3 Å². The lowest BCUT2D eigenvalue weighted by atomic mass is 9.73. The van der Waals surface area contributed by atoms with Gasteiger partial charge >= 0.3 is 0 Å². The van der Waals surface area contributed by atoms with E-state index in [4.69, 9.17) is 10.1 Å². The second kappa shape index (κ2) is 5.13. The van der Waals surface area contributed by atoms with Crippen LogP contribution in [-0.4, -0.2) is 11.4 Å². The first-order valence-electron chi connectivity index (χ1n) is 6.00. The molecule has 0 radical (unpaired) electrons. The second-order valence-electron chi connectivity index (χ2n) is 4.83. The van der Waals surface area contributed by atoms with Gasteiger partial charge in [0.15, 0.2) is 0 Å². The molecule has 0 amide bonds. The molecule has 0 spiro atoms. The normalized spacial score (nSPS) is 24.9. The van der Waals surface area contributed by atoms with E-state index in [1.807, 2.05) is 0 Å². The van der Waals surface area contributed by atoms with Gasteiger partial charge in [-0.05, 0) is 30.6 Å². The molecule has 2 unspecified atom stereocenters. The Bertz CT molecular complexity index is 162. The quantitative estimate of drug-likeness (QED) is 0.539. The van der Waals surface area contributed by atoms with Gasteiger partial charge in [-0.3, -0.25) is 5.26 Å². The Hall–Kier alpha value is -0.0800. The molecule has 0 heterocycles. The predicted octanol–water partition coefficient (Wildman–Crippen LogP) is 3.86. The molecule has 0 aromatic rings. The minimum atomic E-state index is 0.0417. The summed E-state index contributed by atoms with van der Waals surface area (Å²) in [6.07, 6.45) is 7.28. The van der Waals surface area contributed by atoms with Gasteiger partial charge in [0.1, 0.15) is 6.10 Å². The van der Waals surface area contributed by atoms with Crippen molar-refractivity contribution < 1.29 is 10.1 Å². The van der Waals surface area contributed by atoms with Crippen molar-refractivity contribution in [2.75, 3.05) is 0 Å². The summed E-state index contributed by atoms with van der Waals surface area (Å²) in [5, 5.41) is 9.08. The Kier molecular flexibility index (Phi) is 4.39. The second-order valence-corrected chi connectivity index (χ2v) is 4.83. The molecule has 1 aliphatic rings. The van der Waals surface area contributed by atoms with E-state index in [1.54, 1.807) is 0 Å². The highest BCUT2D eigenvalue weighted by atomic mass is 17.1. The van der Waals surface area contributed by atoms with Crippen molar-refractivity contribution in [3.8, 4) is 0 Å². The average molecular weight is 200 g/mol. The van der Waals surface area contributed by atoms with Crippen LogP contribution in [0, 0.1) is 11.3 Å². The molecule has 2 nitrogen and oxygen atoms in total. The fourth-order valence-corrected chi connectivity index (χ4v) is 2.95. The Balaban J connectivity index is 2.73. The SMILES string of the molecule is CCC(C)C(OO)C1(CC)CCCC1. The third kappa shape index (κ3) is 2.12. The molecule has 2 heteroatoms. The topological polar surface area (TPSA) is 29.5 Å². The van der Waals surface area contributed by atoms with E-state index in [0.717, 1.165) is 12.8 Å². The first-order valence-corrected chi connectivity index (χ1v) is 6.00. The summed E-state index contributed by atoms with van der Waals surface area (Å²) >= 11 is 0. The monoisotopic (exact) mass is 200 g/mol. The van der Waals surface area contributed by atoms with E-state index < -0.39 is 0 Å². The van der Waals surface area contributed by atoms with E-state index >= 15 is 0 Å². The van der Waals surface area contributed by atoms with Gasteiger partial charge in [-0.15, -0.1) is 0 Å². The van der Waals surface area contributed by atoms with E-state index in [9.17, 15) is 0 Å². The van der Waals surface area contributed by atoms with Gasteiger partial charge < -0.3 is 0 Å². The van der Waals surface area contributed by atoms with Gasteiger partial charge in [-0.25, -0.2) is 4.89 Å². The summed E-state index contributed by atoms with van der Waals surface area (Å²) in [5.74, 6) is 0.457.